The first-order valence-corrected chi connectivity index (χ1v) is 7.94. The standard InChI is InChI=1S/C19H20N2OS/c1-13-7-3-6-10-16(13)21-19(18(20)23)15-9-5-4-8-14(15)11-12-17(19)22-2/h3-12,17,21H,1-2H3,(H2,20,23). The first kappa shape index (κ1) is 15.7. The van der Waals surface area contributed by atoms with E-state index in [1.165, 1.54) is 0 Å². The summed E-state index contributed by atoms with van der Waals surface area (Å²) in [6, 6.07) is 16.2. The van der Waals surface area contributed by atoms with Gasteiger partial charge in [0.25, 0.3) is 0 Å². The van der Waals surface area contributed by atoms with Crippen LogP contribution in [0, 0.1) is 6.92 Å². The number of ether oxygens (including phenoxy) is 1. The maximum Gasteiger partial charge on any atom is 0.144 e. The average Bonchev–Trinajstić information content (AvgIpc) is 2.56. The van der Waals surface area contributed by atoms with Crippen molar-refractivity contribution in [1.82, 2.24) is 0 Å². The molecule has 0 fully saturated rings. The Morgan fingerprint density at radius 3 is 2.57 bits per heavy atom. The van der Waals surface area contributed by atoms with Gasteiger partial charge in [-0.2, -0.15) is 0 Å². The zero-order valence-electron chi connectivity index (χ0n) is 13.2. The number of para-hydroxylation sites is 1. The summed E-state index contributed by atoms with van der Waals surface area (Å²) in [5.74, 6) is 0. The lowest BCUT2D eigenvalue weighted by molar-refractivity contribution is 0.105. The fourth-order valence-electron chi connectivity index (χ4n) is 3.14. The molecule has 2 aromatic rings. The molecule has 0 spiro atoms. The minimum atomic E-state index is -0.776. The summed E-state index contributed by atoms with van der Waals surface area (Å²) < 4.78 is 5.72. The van der Waals surface area contributed by atoms with E-state index in [0.29, 0.717) is 4.99 Å². The third-order valence-corrected chi connectivity index (χ3v) is 4.70. The number of thiocarbonyl (C=S) groups is 1. The van der Waals surface area contributed by atoms with E-state index >= 15 is 0 Å². The molecule has 0 radical (unpaired) electrons. The molecule has 3 rings (SSSR count). The molecule has 0 bridgehead atoms. The van der Waals surface area contributed by atoms with Crippen LogP contribution in [-0.2, 0) is 10.3 Å². The van der Waals surface area contributed by atoms with Crippen LogP contribution in [0.2, 0.25) is 0 Å². The highest BCUT2D eigenvalue weighted by molar-refractivity contribution is 7.80. The molecule has 118 valence electrons. The van der Waals surface area contributed by atoms with Gasteiger partial charge in [0, 0.05) is 12.8 Å². The van der Waals surface area contributed by atoms with E-state index in [-0.39, 0.29) is 6.10 Å². The molecule has 2 unspecified atom stereocenters. The van der Waals surface area contributed by atoms with Gasteiger partial charge in [-0.25, -0.2) is 0 Å². The van der Waals surface area contributed by atoms with E-state index in [4.69, 9.17) is 22.7 Å². The minimum absolute atomic E-state index is 0.283. The van der Waals surface area contributed by atoms with Gasteiger partial charge in [0.1, 0.15) is 16.6 Å². The maximum atomic E-state index is 6.24. The molecule has 1 aliphatic carbocycles. The highest BCUT2D eigenvalue weighted by Crippen LogP contribution is 2.39. The van der Waals surface area contributed by atoms with Gasteiger partial charge in [-0.05, 0) is 29.7 Å². The first-order valence-electron chi connectivity index (χ1n) is 7.54. The van der Waals surface area contributed by atoms with E-state index in [9.17, 15) is 0 Å². The summed E-state index contributed by atoms with van der Waals surface area (Å²) in [4.78, 5) is 0.365. The van der Waals surface area contributed by atoms with Gasteiger partial charge in [-0.1, -0.05) is 66.8 Å². The van der Waals surface area contributed by atoms with Crippen molar-refractivity contribution in [1.29, 1.82) is 0 Å². The van der Waals surface area contributed by atoms with Gasteiger partial charge in [-0.15, -0.1) is 0 Å². The monoisotopic (exact) mass is 324 g/mol. The van der Waals surface area contributed by atoms with Crippen LogP contribution < -0.4 is 11.1 Å². The van der Waals surface area contributed by atoms with E-state index in [0.717, 1.165) is 22.4 Å². The van der Waals surface area contributed by atoms with Crippen LogP contribution >= 0.6 is 12.2 Å². The summed E-state index contributed by atoms with van der Waals surface area (Å²) >= 11 is 5.49. The van der Waals surface area contributed by atoms with Crippen molar-refractivity contribution in [3.63, 3.8) is 0 Å². The third-order valence-electron chi connectivity index (χ3n) is 4.38. The number of methoxy groups -OCH3 is 1. The van der Waals surface area contributed by atoms with Crippen molar-refractivity contribution in [2.45, 2.75) is 18.6 Å². The number of aryl methyl sites for hydroxylation is 1. The Morgan fingerprint density at radius 1 is 1.17 bits per heavy atom. The summed E-state index contributed by atoms with van der Waals surface area (Å²) in [5, 5.41) is 3.58. The molecule has 0 saturated carbocycles. The second kappa shape index (κ2) is 6.14. The second-order valence-corrected chi connectivity index (χ2v) is 6.15. The van der Waals surface area contributed by atoms with Gasteiger partial charge in [0.15, 0.2) is 0 Å². The zero-order chi connectivity index (χ0) is 16.4. The number of anilines is 1. The molecule has 23 heavy (non-hydrogen) atoms. The largest absolute Gasteiger partial charge is 0.391 e. The Morgan fingerprint density at radius 2 is 1.87 bits per heavy atom. The van der Waals surface area contributed by atoms with Gasteiger partial charge >= 0.3 is 0 Å². The molecular weight excluding hydrogens is 304 g/mol. The van der Waals surface area contributed by atoms with E-state index < -0.39 is 5.54 Å². The van der Waals surface area contributed by atoms with Crippen molar-refractivity contribution in [3.8, 4) is 0 Å². The van der Waals surface area contributed by atoms with E-state index in [2.05, 4.69) is 36.5 Å². The summed E-state index contributed by atoms with van der Waals surface area (Å²) in [6.45, 7) is 2.06. The van der Waals surface area contributed by atoms with Crippen LogP contribution in [0.15, 0.2) is 54.6 Å². The van der Waals surface area contributed by atoms with Crippen LogP contribution in [0.25, 0.3) is 6.08 Å². The van der Waals surface area contributed by atoms with Gasteiger partial charge in [0.2, 0.25) is 0 Å². The van der Waals surface area contributed by atoms with Crippen molar-refractivity contribution in [2.75, 3.05) is 12.4 Å². The molecule has 3 nitrogen and oxygen atoms in total. The smallest absolute Gasteiger partial charge is 0.144 e. The molecule has 2 atom stereocenters. The number of fused-ring (bicyclic) bond motifs is 1. The lowest BCUT2D eigenvalue weighted by Crippen LogP contribution is -2.56. The van der Waals surface area contributed by atoms with Crippen molar-refractivity contribution in [3.05, 3.63) is 71.3 Å². The number of nitrogens with two attached hydrogens (primary N) is 1. The van der Waals surface area contributed by atoms with Crippen LogP contribution in [-0.4, -0.2) is 18.2 Å². The lowest BCUT2D eigenvalue weighted by atomic mass is 9.77. The Bertz CT molecular complexity index is 771. The molecular formula is C19H20N2OS. The topological polar surface area (TPSA) is 47.3 Å². The fourth-order valence-corrected chi connectivity index (χ4v) is 3.42. The van der Waals surface area contributed by atoms with Crippen molar-refractivity contribution in [2.24, 2.45) is 5.73 Å². The molecule has 0 aliphatic heterocycles. The third kappa shape index (κ3) is 2.54. The molecule has 3 N–H and O–H groups in total. The van der Waals surface area contributed by atoms with Gasteiger partial charge in [0.05, 0.1) is 0 Å². The van der Waals surface area contributed by atoms with Crippen molar-refractivity contribution >= 4 is 29.0 Å². The number of hydrogen-bond acceptors (Lipinski definition) is 3. The predicted octanol–water partition coefficient (Wildman–Crippen LogP) is 3.63. The van der Waals surface area contributed by atoms with E-state index in [1.807, 2.05) is 36.4 Å². The average molecular weight is 324 g/mol. The lowest BCUT2D eigenvalue weighted by Gasteiger charge is -2.43. The Hall–Kier alpha value is -2.17. The maximum absolute atomic E-state index is 6.24. The van der Waals surface area contributed by atoms with Crippen molar-refractivity contribution < 1.29 is 4.74 Å². The summed E-state index contributed by atoms with van der Waals surface area (Å²) in [6.07, 6.45) is 3.78. The molecule has 4 heteroatoms. The van der Waals surface area contributed by atoms with E-state index in [1.54, 1.807) is 7.11 Å². The number of hydrogen-bond donors (Lipinski definition) is 2. The number of benzene rings is 2. The first-order chi connectivity index (χ1) is 11.1. The summed E-state index contributed by atoms with van der Waals surface area (Å²) in [7, 11) is 1.68. The zero-order valence-corrected chi connectivity index (χ0v) is 14.1. The molecule has 1 aliphatic rings. The number of nitrogens with one attached hydrogen (secondary N) is 1. The molecule has 0 aromatic heterocycles. The minimum Gasteiger partial charge on any atom is -0.391 e. The van der Waals surface area contributed by atoms with Crippen LogP contribution in [0.4, 0.5) is 5.69 Å². The van der Waals surface area contributed by atoms with Gasteiger partial charge < -0.3 is 15.8 Å². The predicted molar refractivity (Wildman–Crippen MR) is 99.5 cm³/mol. The molecule has 0 saturated heterocycles. The highest BCUT2D eigenvalue weighted by atomic mass is 32.1. The SMILES string of the molecule is COC1C=Cc2ccccc2C1(Nc1ccccc1C)C(N)=S. The Labute approximate surface area is 142 Å². The van der Waals surface area contributed by atoms with Crippen LogP contribution in [0.3, 0.4) is 0 Å². The molecule has 0 heterocycles. The molecule has 2 aromatic carbocycles. The van der Waals surface area contributed by atoms with Crippen LogP contribution in [0.1, 0.15) is 16.7 Å². The highest BCUT2D eigenvalue weighted by Gasteiger charge is 2.46. The fraction of sp³-hybridized carbons (Fsp3) is 0.211. The van der Waals surface area contributed by atoms with Gasteiger partial charge in [-0.3, -0.25) is 0 Å². The molecule has 0 amide bonds. The van der Waals surface area contributed by atoms with Crippen LogP contribution in [0.5, 0.6) is 0 Å². The second-order valence-electron chi connectivity index (χ2n) is 5.71. The quantitative estimate of drug-likeness (QED) is 0.843. The normalized spacial score (nSPS) is 22.4. The summed E-state index contributed by atoms with van der Waals surface area (Å²) in [5.41, 5.74) is 9.71. The Kier molecular flexibility index (Phi) is 4.20. The Balaban J connectivity index is 2.20. The number of rotatable bonds is 4.